The zero-order valence-corrected chi connectivity index (χ0v) is 13.8. The molecule has 0 N–H and O–H groups in total. The fourth-order valence-corrected chi connectivity index (χ4v) is 3.55. The minimum atomic E-state index is -0.0219. The highest BCUT2D eigenvalue weighted by molar-refractivity contribution is 5.83. The van der Waals surface area contributed by atoms with Crippen LogP contribution < -0.4 is 0 Å². The molecule has 2 bridgehead atoms. The molecule has 0 radical (unpaired) electrons. The molecule has 3 aliphatic rings. The van der Waals surface area contributed by atoms with Crippen LogP contribution in [0.4, 0.5) is 0 Å². The maximum atomic E-state index is 12.6. The van der Waals surface area contributed by atoms with E-state index >= 15 is 0 Å². The summed E-state index contributed by atoms with van der Waals surface area (Å²) >= 11 is 0. The first-order valence-electron chi connectivity index (χ1n) is 8.16. The molecular formula is C17H24N4O2. The van der Waals surface area contributed by atoms with Gasteiger partial charge in [-0.2, -0.15) is 0 Å². The number of rotatable bonds is 4. The van der Waals surface area contributed by atoms with Crippen LogP contribution in [0.5, 0.6) is 0 Å². The first-order chi connectivity index (χ1) is 11.0. The molecule has 4 rings (SSSR count). The molecule has 124 valence electrons. The minimum absolute atomic E-state index is 0.0219. The Bertz CT molecular complexity index is 577. The van der Waals surface area contributed by atoms with Gasteiger partial charge in [0.1, 0.15) is 0 Å². The van der Waals surface area contributed by atoms with Crippen molar-refractivity contribution in [3.8, 4) is 0 Å². The molecule has 3 fully saturated rings. The van der Waals surface area contributed by atoms with Gasteiger partial charge in [-0.15, -0.1) is 0 Å². The number of hydrogen-bond acceptors (Lipinski definition) is 4. The third-order valence-corrected chi connectivity index (χ3v) is 4.90. The molecule has 6 nitrogen and oxygen atoms in total. The highest BCUT2D eigenvalue weighted by Gasteiger charge is 2.40. The predicted octanol–water partition coefficient (Wildman–Crippen LogP) is 0.593. The van der Waals surface area contributed by atoms with Crippen LogP contribution in [-0.4, -0.2) is 71.3 Å². The van der Waals surface area contributed by atoms with Crippen LogP contribution in [0.1, 0.15) is 18.4 Å². The van der Waals surface area contributed by atoms with Gasteiger partial charge in [0.15, 0.2) is 0 Å². The van der Waals surface area contributed by atoms with Crippen molar-refractivity contribution in [2.75, 3.05) is 33.7 Å². The average molecular weight is 316 g/mol. The normalized spacial score (nSPS) is 24.2. The van der Waals surface area contributed by atoms with Crippen LogP contribution in [0.25, 0.3) is 0 Å². The Hall–Kier alpha value is -1.95. The van der Waals surface area contributed by atoms with Crippen LogP contribution >= 0.6 is 0 Å². The average Bonchev–Trinajstić information content (AvgIpc) is 2.82. The van der Waals surface area contributed by atoms with Crippen molar-refractivity contribution in [3.05, 3.63) is 30.1 Å². The first kappa shape index (κ1) is 15.9. The molecule has 0 aliphatic carbocycles. The molecule has 3 aliphatic heterocycles. The molecule has 0 aromatic carbocycles. The van der Waals surface area contributed by atoms with Gasteiger partial charge in [-0.05, 0) is 31.5 Å². The summed E-state index contributed by atoms with van der Waals surface area (Å²) in [4.78, 5) is 34.6. The number of carbonyl (C=O) groups excluding carboxylic acids is 2. The van der Waals surface area contributed by atoms with Gasteiger partial charge < -0.3 is 9.80 Å². The Morgan fingerprint density at radius 2 is 2.22 bits per heavy atom. The number of piperidine rings is 1. The lowest BCUT2D eigenvalue weighted by Gasteiger charge is -2.32. The van der Waals surface area contributed by atoms with Crippen molar-refractivity contribution in [1.82, 2.24) is 19.7 Å². The number of likely N-dealkylation sites (N-methyl/N-ethyl adjacent to an activating group) is 2. The lowest BCUT2D eigenvalue weighted by atomic mass is 9.95. The number of hydrogen-bond donors (Lipinski definition) is 0. The summed E-state index contributed by atoms with van der Waals surface area (Å²) in [5.74, 6) is 0.281. The number of pyridine rings is 1. The van der Waals surface area contributed by atoms with Crippen LogP contribution in [0.15, 0.2) is 24.5 Å². The molecule has 6 heteroatoms. The van der Waals surface area contributed by atoms with Gasteiger partial charge in [-0.25, -0.2) is 0 Å². The van der Waals surface area contributed by atoms with E-state index in [2.05, 4.69) is 4.98 Å². The molecular weight excluding hydrogens is 292 g/mol. The third kappa shape index (κ3) is 3.52. The van der Waals surface area contributed by atoms with Crippen molar-refractivity contribution in [2.45, 2.75) is 25.4 Å². The summed E-state index contributed by atoms with van der Waals surface area (Å²) in [6, 6.07) is 4.08. The van der Waals surface area contributed by atoms with Gasteiger partial charge >= 0.3 is 0 Å². The second-order valence-electron chi connectivity index (χ2n) is 6.71. The lowest BCUT2D eigenvalue weighted by Crippen LogP contribution is -2.45. The monoisotopic (exact) mass is 316 g/mol. The van der Waals surface area contributed by atoms with Crippen molar-refractivity contribution < 1.29 is 9.59 Å². The Balaban J connectivity index is 1.59. The van der Waals surface area contributed by atoms with Crippen LogP contribution in [0.2, 0.25) is 0 Å². The van der Waals surface area contributed by atoms with Crippen LogP contribution in [0.3, 0.4) is 0 Å². The lowest BCUT2D eigenvalue weighted by molar-refractivity contribution is -0.138. The molecule has 3 saturated heterocycles. The summed E-state index contributed by atoms with van der Waals surface area (Å²) in [7, 11) is 3.80. The van der Waals surface area contributed by atoms with Gasteiger partial charge in [0.25, 0.3) is 0 Å². The van der Waals surface area contributed by atoms with E-state index in [0.717, 1.165) is 18.4 Å². The topological polar surface area (TPSA) is 56.8 Å². The summed E-state index contributed by atoms with van der Waals surface area (Å²) in [6.07, 6.45) is 5.47. The molecule has 0 saturated carbocycles. The second kappa shape index (κ2) is 6.66. The standard InChI is InChI=1S/C17H24N4O2/c1-19(9-13-4-3-7-18-8-13)12-16(22)21-10-14-5-6-15(11-21)20(2)17(14)23/h3-4,7-8,14-15H,5-6,9-12H2,1-2H3/t14-,15+/m1/s1. The quantitative estimate of drug-likeness (QED) is 0.816. The summed E-state index contributed by atoms with van der Waals surface area (Å²) in [6.45, 7) is 2.29. The van der Waals surface area contributed by atoms with E-state index in [0.29, 0.717) is 26.2 Å². The molecule has 1 aromatic heterocycles. The van der Waals surface area contributed by atoms with E-state index in [-0.39, 0.29) is 23.8 Å². The van der Waals surface area contributed by atoms with Crippen LogP contribution in [0, 0.1) is 5.92 Å². The largest absolute Gasteiger partial charge is 0.341 e. The SMILES string of the molecule is CN(CC(=O)N1C[C@H]2CC[C@@H](C1)N(C)C2=O)Cc1cccnc1. The van der Waals surface area contributed by atoms with E-state index in [9.17, 15) is 9.59 Å². The van der Waals surface area contributed by atoms with Crippen LogP contribution in [-0.2, 0) is 16.1 Å². The van der Waals surface area contributed by atoms with Gasteiger partial charge in [0.05, 0.1) is 12.5 Å². The fourth-order valence-electron chi connectivity index (χ4n) is 3.55. The van der Waals surface area contributed by atoms with Crippen molar-refractivity contribution in [2.24, 2.45) is 5.92 Å². The first-order valence-corrected chi connectivity index (χ1v) is 8.16. The number of carbonyl (C=O) groups is 2. The number of aromatic nitrogens is 1. The number of fused-ring (bicyclic) bond motifs is 4. The highest BCUT2D eigenvalue weighted by Crippen LogP contribution is 2.27. The maximum absolute atomic E-state index is 12.6. The number of nitrogens with zero attached hydrogens (tertiary/aromatic N) is 4. The van der Waals surface area contributed by atoms with E-state index < -0.39 is 0 Å². The van der Waals surface area contributed by atoms with Crippen molar-refractivity contribution >= 4 is 11.8 Å². The van der Waals surface area contributed by atoms with Crippen molar-refractivity contribution in [3.63, 3.8) is 0 Å². The van der Waals surface area contributed by atoms with Gasteiger partial charge in [-0.3, -0.25) is 19.5 Å². The molecule has 1 aromatic rings. The molecule has 0 unspecified atom stereocenters. The molecule has 2 atom stereocenters. The highest BCUT2D eigenvalue weighted by atomic mass is 16.2. The van der Waals surface area contributed by atoms with Gasteiger partial charge in [-0.1, -0.05) is 6.07 Å². The molecule has 0 spiro atoms. The van der Waals surface area contributed by atoms with E-state index in [1.54, 1.807) is 6.20 Å². The zero-order valence-electron chi connectivity index (χ0n) is 13.8. The molecule has 23 heavy (non-hydrogen) atoms. The van der Waals surface area contributed by atoms with E-state index in [1.807, 2.05) is 47.1 Å². The molecule has 2 amide bonds. The Morgan fingerprint density at radius 3 is 2.96 bits per heavy atom. The molecule has 4 heterocycles. The Morgan fingerprint density at radius 1 is 1.39 bits per heavy atom. The summed E-state index contributed by atoms with van der Waals surface area (Å²) < 4.78 is 0. The Kier molecular flexibility index (Phi) is 4.61. The Labute approximate surface area is 137 Å². The smallest absolute Gasteiger partial charge is 0.236 e. The van der Waals surface area contributed by atoms with Crippen molar-refractivity contribution in [1.29, 1.82) is 0 Å². The van der Waals surface area contributed by atoms with Gasteiger partial charge in [0.2, 0.25) is 11.8 Å². The third-order valence-electron chi connectivity index (χ3n) is 4.90. The maximum Gasteiger partial charge on any atom is 0.236 e. The van der Waals surface area contributed by atoms with Gasteiger partial charge in [0, 0.05) is 45.1 Å². The summed E-state index contributed by atoms with van der Waals surface area (Å²) in [5.41, 5.74) is 1.09. The van der Waals surface area contributed by atoms with E-state index in [1.165, 1.54) is 0 Å². The fraction of sp³-hybridized carbons (Fsp3) is 0.588. The number of amides is 2. The summed E-state index contributed by atoms with van der Waals surface area (Å²) in [5, 5.41) is 0. The second-order valence-corrected chi connectivity index (χ2v) is 6.71. The predicted molar refractivity (Wildman–Crippen MR) is 86.4 cm³/mol. The minimum Gasteiger partial charge on any atom is -0.341 e. The zero-order chi connectivity index (χ0) is 16.4. The van der Waals surface area contributed by atoms with E-state index in [4.69, 9.17) is 0 Å².